The second kappa shape index (κ2) is 8.73. The largest absolute Gasteiger partial charge is 0.353 e. The highest BCUT2D eigenvalue weighted by Gasteiger charge is 2.42. The molecular formula is C24H33N3OS. The molecule has 0 spiro atoms. The van der Waals surface area contributed by atoms with Gasteiger partial charge in [0.1, 0.15) is 0 Å². The van der Waals surface area contributed by atoms with Crippen molar-refractivity contribution in [1.29, 1.82) is 0 Å². The van der Waals surface area contributed by atoms with Gasteiger partial charge in [0, 0.05) is 17.3 Å². The van der Waals surface area contributed by atoms with Crippen molar-refractivity contribution in [2.45, 2.75) is 63.8 Å². The summed E-state index contributed by atoms with van der Waals surface area (Å²) in [6.45, 7) is 3.57. The maximum atomic E-state index is 12.4. The first kappa shape index (κ1) is 19.5. The molecule has 3 atom stereocenters. The zero-order valence-corrected chi connectivity index (χ0v) is 18.1. The van der Waals surface area contributed by atoms with Crippen molar-refractivity contribution < 1.29 is 4.79 Å². The average Bonchev–Trinajstić information content (AvgIpc) is 3.30. The van der Waals surface area contributed by atoms with E-state index in [0.29, 0.717) is 17.9 Å². The Labute approximate surface area is 178 Å². The molecule has 4 nitrogen and oxygen atoms in total. The van der Waals surface area contributed by atoms with Gasteiger partial charge in [-0.05, 0) is 94.0 Å². The number of rotatable bonds is 6. The minimum atomic E-state index is 0.288. The summed E-state index contributed by atoms with van der Waals surface area (Å²) in [6, 6.07) is 9.12. The van der Waals surface area contributed by atoms with E-state index in [1.165, 1.54) is 73.8 Å². The maximum absolute atomic E-state index is 12.4. The first-order valence-corrected chi connectivity index (χ1v) is 12.4. The Hall–Kier alpha value is -1.46. The number of likely N-dealkylation sites (tertiary alicyclic amines) is 1. The van der Waals surface area contributed by atoms with Crippen LogP contribution in [0.5, 0.6) is 0 Å². The smallest absolute Gasteiger partial charge is 0.223 e. The van der Waals surface area contributed by atoms with Crippen molar-refractivity contribution >= 4 is 27.5 Å². The minimum absolute atomic E-state index is 0.288. The number of carbonyl (C=O) groups is 1. The van der Waals surface area contributed by atoms with Gasteiger partial charge in [-0.25, -0.2) is 0 Å². The normalized spacial score (nSPS) is 28.6. The van der Waals surface area contributed by atoms with Crippen molar-refractivity contribution in [1.82, 2.24) is 14.6 Å². The Morgan fingerprint density at radius 2 is 1.93 bits per heavy atom. The Morgan fingerprint density at radius 3 is 2.83 bits per heavy atom. The highest BCUT2D eigenvalue weighted by atomic mass is 32.1. The SMILES string of the molecule is O=C1NC2CCCCC2C1CCCN1CCC(Cc2nsc3ccccc23)CC1. The number of benzene rings is 1. The van der Waals surface area contributed by atoms with E-state index in [1.54, 1.807) is 11.5 Å². The van der Waals surface area contributed by atoms with Crippen LogP contribution in [0.3, 0.4) is 0 Å². The molecule has 3 aliphatic rings. The molecule has 0 bridgehead atoms. The number of fused-ring (bicyclic) bond motifs is 2. The van der Waals surface area contributed by atoms with E-state index in [-0.39, 0.29) is 5.92 Å². The van der Waals surface area contributed by atoms with Crippen molar-refractivity contribution in [3.8, 4) is 0 Å². The van der Waals surface area contributed by atoms with Gasteiger partial charge >= 0.3 is 0 Å². The van der Waals surface area contributed by atoms with E-state index >= 15 is 0 Å². The van der Waals surface area contributed by atoms with E-state index in [4.69, 9.17) is 4.37 Å². The second-order valence-electron chi connectivity index (χ2n) is 9.43. The topological polar surface area (TPSA) is 45.2 Å². The van der Waals surface area contributed by atoms with E-state index in [1.807, 2.05) is 0 Å². The fraction of sp³-hybridized carbons (Fsp3) is 0.667. The van der Waals surface area contributed by atoms with Gasteiger partial charge in [-0.1, -0.05) is 31.0 Å². The van der Waals surface area contributed by atoms with Gasteiger partial charge in [0.05, 0.1) is 10.4 Å². The van der Waals surface area contributed by atoms with Crippen LogP contribution in [0.4, 0.5) is 0 Å². The quantitative estimate of drug-likeness (QED) is 0.753. The van der Waals surface area contributed by atoms with Crippen LogP contribution in [0.2, 0.25) is 0 Å². The van der Waals surface area contributed by atoms with Crippen LogP contribution in [-0.2, 0) is 11.2 Å². The molecular weight excluding hydrogens is 378 g/mol. The van der Waals surface area contributed by atoms with Gasteiger partial charge in [0.2, 0.25) is 5.91 Å². The zero-order valence-electron chi connectivity index (χ0n) is 17.3. The Morgan fingerprint density at radius 1 is 1.10 bits per heavy atom. The summed E-state index contributed by atoms with van der Waals surface area (Å²) in [6.07, 6.45) is 11.0. The highest BCUT2D eigenvalue weighted by molar-refractivity contribution is 7.13. The first-order valence-electron chi connectivity index (χ1n) is 11.6. The van der Waals surface area contributed by atoms with Crippen LogP contribution in [0.15, 0.2) is 24.3 Å². The van der Waals surface area contributed by atoms with Gasteiger partial charge in [0.25, 0.3) is 0 Å². The van der Waals surface area contributed by atoms with Crippen molar-refractivity contribution in [3.63, 3.8) is 0 Å². The molecule has 3 heterocycles. The average molecular weight is 412 g/mol. The third kappa shape index (κ3) is 4.22. The van der Waals surface area contributed by atoms with E-state index in [9.17, 15) is 4.79 Å². The molecule has 1 aliphatic carbocycles. The molecule has 29 heavy (non-hydrogen) atoms. The molecule has 2 aliphatic heterocycles. The molecule has 0 radical (unpaired) electrons. The van der Waals surface area contributed by atoms with Crippen molar-refractivity contribution in [3.05, 3.63) is 30.0 Å². The molecule has 2 aromatic rings. The summed E-state index contributed by atoms with van der Waals surface area (Å²) in [4.78, 5) is 15.0. The molecule has 1 saturated carbocycles. The van der Waals surface area contributed by atoms with E-state index in [2.05, 4.69) is 34.5 Å². The Bertz CT molecular complexity index is 842. The molecule has 3 unspecified atom stereocenters. The van der Waals surface area contributed by atoms with Gasteiger partial charge in [-0.3, -0.25) is 4.79 Å². The number of piperidine rings is 1. The third-order valence-electron chi connectivity index (χ3n) is 7.63. The fourth-order valence-electron chi connectivity index (χ4n) is 5.96. The van der Waals surface area contributed by atoms with Crippen molar-refractivity contribution in [2.75, 3.05) is 19.6 Å². The lowest BCUT2D eigenvalue weighted by Crippen LogP contribution is -2.35. The number of hydrogen-bond donors (Lipinski definition) is 1. The standard InChI is InChI=1S/C24H33N3OS/c28-24-19(18-6-1-3-9-21(18)25-24)8-5-13-27-14-11-17(12-15-27)16-22-20-7-2-4-10-23(20)29-26-22/h2,4,7,10,17-19,21H,1,3,5-6,8-9,11-16H2,(H,25,28). The number of aromatic nitrogens is 1. The number of nitrogens with zero attached hydrogens (tertiary/aromatic N) is 2. The lowest BCUT2D eigenvalue weighted by Gasteiger charge is -2.32. The van der Waals surface area contributed by atoms with Crippen LogP contribution >= 0.6 is 11.5 Å². The van der Waals surface area contributed by atoms with Crippen LogP contribution in [0.1, 0.15) is 57.1 Å². The van der Waals surface area contributed by atoms with E-state index < -0.39 is 0 Å². The molecule has 1 amide bonds. The van der Waals surface area contributed by atoms with Crippen LogP contribution in [0.25, 0.3) is 10.1 Å². The van der Waals surface area contributed by atoms with E-state index in [0.717, 1.165) is 25.3 Å². The number of nitrogens with one attached hydrogen (secondary N) is 1. The summed E-state index contributed by atoms with van der Waals surface area (Å²) in [5.74, 6) is 2.02. The molecule has 3 fully saturated rings. The van der Waals surface area contributed by atoms with Crippen molar-refractivity contribution in [2.24, 2.45) is 17.8 Å². The maximum Gasteiger partial charge on any atom is 0.223 e. The van der Waals surface area contributed by atoms with Gasteiger partial charge in [-0.2, -0.15) is 4.37 Å². The Kier molecular flexibility index (Phi) is 5.87. The highest BCUT2D eigenvalue weighted by Crippen LogP contribution is 2.37. The van der Waals surface area contributed by atoms with Crippen LogP contribution in [-0.4, -0.2) is 40.9 Å². The molecule has 156 valence electrons. The summed E-state index contributed by atoms with van der Waals surface area (Å²) in [7, 11) is 0. The summed E-state index contributed by atoms with van der Waals surface area (Å²) in [5, 5.41) is 4.63. The lowest BCUT2D eigenvalue weighted by molar-refractivity contribution is -0.123. The molecule has 2 saturated heterocycles. The Balaban J connectivity index is 1.06. The molecule has 5 heteroatoms. The molecule has 1 aromatic heterocycles. The van der Waals surface area contributed by atoms with Gasteiger partial charge in [0.15, 0.2) is 0 Å². The van der Waals surface area contributed by atoms with Gasteiger partial charge in [-0.15, -0.1) is 0 Å². The zero-order chi connectivity index (χ0) is 19.6. The van der Waals surface area contributed by atoms with Gasteiger partial charge < -0.3 is 10.2 Å². The number of amides is 1. The summed E-state index contributed by atoms with van der Waals surface area (Å²) < 4.78 is 6.05. The summed E-state index contributed by atoms with van der Waals surface area (Å²) >= 11 is 1.64. The van der Waals surface area contributed by atoms with Crippen LogP contribution in [0, 0.1) is 17.8 Å². The second-order valence-corrected chi connectivity index (χ2v) is 10.2. The number of hydrogen-bond acceptors (Lipinski definition) is 4. The third-order valence-corrected chi connectivity index (χ3v) is 8.50. The molecule has 1 aromatic carbocycles. The molecule has 1 N–H and O–H groups in total. The fourth-order valence-corrected chi connectivity index (χ4v) is 6.76. The predicted molar refractivity (Wildman–Crippen MR) is 119 cm³/mol. The summed E-state index contributed by atoms with van der Waals surface area (Å²) in [5.41, 5.74) is 1.30. The molecule has 5 rings (SSSR count). The number of carbonyl (C=O) groups excluding carboxylic acids is 1. The monoisotopic (exact) mass is 411 g/mol. The minimum Gasteiger partial charge on any atom is -0.353 e. The first-order chi connectivity index (χ1) is 14.3. The predicted octanol–water partition coefficient (Wildman–Crippen LogP) is 4.64. The van der Waals surface area contributed by atoms with Crippen LogP contribution < -0.4 is 5.32 Å². The lowest BCUT2D eigenvalue weighted by atomic mass is 9.78.